The number of carbonyl (C=O) groups is 2. The Morgan fingerprint density at radius 2 is 1.90 bits per heavy atom. The van der Waals surface area contributed by atoms with Crippen LogP contribution in [-0.2, 0) is 17.9 Å². The molecule has 0 radical (unpaired) electrons. The van der Waals surface area contributed by atoms with Crippen molar-refractivity contribution in [2.45, 2.75) is 13.1 Å². The molecule has 1 heterocycles. The predicted molar refractivity (Wildman–Crippen MR) is 74.7 cm³/mol. The first-order chi connectivity index (χ1) is 9.56. The number of hydrogen-bond donors (Lipinski definition) is 2. The van der Waals surface area contributed by atoms with Crippen LogP contribution in [0.2, 0.25) is 5.02 Å². The number of carboxylic acid groups (broad SMARTS) is 1. The second-order valence-electron chi connectivity index (χ2n) is 4.23. The third-order valence-electron chi connectivity index (χ3n) is 2.77. The summed E-state index contributed by atoms with van der Waals surface area (Å²) < 4.78 is 1.39. The molecular weight excluding hydrogens is 280 g/mol. The first kappa shape index (κ1) is 14.1. The summed E-state index contributed by atoms with van der Waals surface area (Å²) in [6, 6.07) is 10.2. The van der Waals surface area contributed by atoms with Crippen LogP contribution in [0.25, 0.3) is 0 Å². The average molecular weight is 293 g/mol. The summed E-state index contributed by atoms with van der Waals surface area (Å²) >= 11 is 5.77. The predicted octanol–water partition coefficient (Wildman–Crippen LogP) is 2.16. The van der Waals surface area contributed by atoms with Gasteiger partial charge in [-0.05, 0) is 29.8 Å². The highest BCUT2D eigenvalue weighted by Gasteiger charge is 2.11. The van der Waals surface area contributed by atoms with Gasteiger partial charge in [0.15, 0.2) is 0 Å². The molecular formula is C14H13ClN2O3. The van der Waals surface area contributed by atoms with E-state index in [0.29, 0.717) is 11.6 Å². The quantitative estimate of drug-likeness (QED) is 0.887. The van der Waals surface area contributed by atoms with E-state index in [1.165, 1.54) is 10.6 Å². The Balaban J connectivity index is 1.91. The molecule has 0 aliphatic rings. The number of nitrogens with zero attached hydrogens (tertiary/aromatic N) is 1. The van der Waals surface area contributed by atoms with E-state index in [1.54, 1.807) is 24.4 Å². The second-order valence-corrected chi connectivity index (χ2v) is 4.67. The zero-order valence-corrected chi connectivity index (χ0v) is 11.3. The lowest BCUT2D eigenvalue weighted by Gasteiger charge is -2.08. The van der Waals surface area contributed by atoms with Crippen LogP contribution in [0, 0.1) is 0 Å². The number of hydrogen-bond acceptors (Lipinski definition) is 2. The van der Waals surface area contributed by atoms with Gasteiger partial charge >= 0.3 is 5.97 Å². The molecule has 0 saturated carbocycles. The van der Waals surface area contributed by atoms with Crippen LogP contribution in [0.4, 0.5) is 0 Å². The molecule has 104 valence electrons. The van der Waals surface area contributed by atoms with Gasteiger partial charge in [-0.2, -0.15) is 0 Å². The molecule has 2 rings (SSSR count). The zero-order valence-electron chi connectivity index (χ0n) is 10.5. The van der Waals surface area contributed by atoms with E-state index in [2.05, 4.69) is 5.32 Å². The standard InChI is InChI=1S/C14H13ClN2O3/c15-11-5-3-10(4-6-11)8-16-13(18)9-17-7-1-2-12(17)14(19)20/h1-7H,8-9H2,(H,16,18)(H,19,20). The van der Waals surface area contributed by atoms with Crippen molar-refractivity contribution in [2.24, 2.45) is 0 Å². The topological polar surface area (TPSA) is 71.3 Å². The zero-order chi connectivity index (χ0) is 14.5. The van der Waals surface area contributed by atoms with Crippen LogP contribution in [0.1, 0.15) is 16.1 Å². The first-order valence-electron chi connectivity index (χ1n) is 5.96. The molecule has 0 aliphatic carbocycles. The van der Waals surface area contributed by atoms with E-state index in [0.717, 1.165) is 5.56 Å². The van der Waals surface area contributed by atoms with Gasteiger partial charge < -0.3 is 15.0 Å². The summed E-state index contributed by atoms with van der Waals surface area (Å²) in [5, 5.41) is 12.3. The second kappa shape index (κ2) is 6.25. The minimum absolute atomic E-state index is 0.0256. The smallest absolute Gasteiger partial charge is 0.352 e. The van der Waals surface area contributed by atoms with E-state index in [1.807, 2.05) is 12.1 Å². The molecule has 1 aromatic heterocycles. The lowest BCUT2D eigenvalue weighted by molar-refractivity contribution is -0.121. The fourth-order valence-corrected chi connectivity index (χ4v) is 1.89. The Kier molecular flexibility index (Phi) is 4.42. The summed E-state index contributed by atoms with van der Waals surface area (Å²) in [4.78, 5) is 22.7. The van der Waals surface area contributed by atoms with Crippen molar-refractivity contribution in [3.8, 4) is 0 Å². The number of carbonyl (C=O) groups excluding carboxylic acids is 1. The monoisotopic (exact) mass is 292 g/mol. The molecule has 0 bridgehead atoms. The van der Waals surface area contributed by atoms with E-state index >= 15 is 0 Å². The third-order valence-corrected chi connectivity index (χ3v) is 3.02. The molecule has 0 fully saturated rings. The number of rotatable bonds is 5. The summed E-state index contributed by atoms with van der Waals surface area (Å²) in [5.74, 6) is -1.31. The highest BCUT2D eigenvalue weighted by Crippen LogP contribution is 2.09. The minimum Gasteiger partial charge on any atom is -0.477 e. The van der Waals surface area contributed by atoms with Crippen LogP contribution >= 0.6 is 11.6 Å². The lowest BCUT2D eigenvalue weighted by atomic mass is 10.2. The van der Waals surface area contributed by atoms with Crippen molar-refractivity contribution in [3.05, 3.63) is 58.9 Å². The molecule has 0 saturated heterocycles. The van der Waals surface area contributed by atoms with E-state index < -0.39 is 5.97 Å². The van der Waals surface area contributed by atoms with Gasteiger partial charge in [-0.3, -0.25) is 4.79 Å². The Hall–Kier alpha value is -2.27. The third kappa shape index (κ3) is 3.61. The molecule has 1 amide bonds. The van der Waals surface area contributed by atoms with E-state index in [9.17, 15) is 9.59 Å². The van der Waals surface area contributed by atoms with Crippen LogP contribution in [-0.4, -0.2) is 21.6 Å². The van der Waals surface area contributed by atoms with Gasteiger partial charge in [0.25, 0.3) is 0 Å². The summed E-state index contributed by atoms with van der Waals surface area (Å²) in [6.45, 7) is 0.349. The van der Waals surface area contributed by atoms with E-state index in [-0.39, 0.29) is 18.1 Å². The van der Waals surface area contributed by atoms with Gasteiger partial charge in [0, 0.05) is 17.8 Å². The van der Waals surface area contributed by atoms with Gasteiger partial charge in [0.1, 0.15) is 12.2 Å². The fourth-order valence-electron chi connectivity index (χ4n) is 1.76. The number of aromatic nitrogens is 1. The summed E-state index contributed by atoms with van der Waals surface area (Å²) in [5.41, 5.74) is 1.01. The average Bonchev–Trinajstić information content (AvgIpc) is 2.86. The number of nitrogens with one attached hydrogen (secondary N) is 1. The Labute approximate surface area is 120 Å². The van der Waals surface area contributed by atoms with Crippen molar-refractivity contribution in [1.29, 1.82) is 0 Å². The number of carboxylic acids is 1. The first-order valence-corrected chi connectivity index (χ1v) is 6.33. The van der Waals surface area contributed by atoms with Crippen molar-refractivity contribution in [1.82, 2.24) is 9.88 Å². The van der Waals surface area contributed by atoms with Gasteiger partial charge in [0.05, 0.1) is 0 Å². The Bertz CT molecular complexity index is 620. The van der Waals surface area contributed by atoms with Crippen LogP contribution in [0.15, 0.2) is 42.6 Å². The minimum atomic E-state index is -1.06. The lowest BCUT2D eigenvalue weighted by Crippen LogP contribution is -2.28. The maximum Gasteiger partial charge on any atom is 0.352 e. The van der Waals surface area contributed by atoms with Gasteiger partial charge in [-0.1, -0.05) is 23.7 Å². The normalized spacial score (nSPS) is 10.2. The van der Waals surface area contributed by atoms with Crippen LogP contribution in [0.3, 0.4) is 0 Å². The maximum atomic E-state index is 11.8. The highest BCUT2D eigenvalue weighted by atomic mass is 35.5. The number of aromatic carboxylic acids is 1. The van der Waals surface area contributed by atoms with Gasteiger partial charge in [0.2, 0.25) is 5.91 Å². The van der Waals surface area contributed by atoms with Crippen LogP contribution < -0.4 is 5.32 Å². The van der Waals surface area contributed by atoms with Gasteiger partial charge in [-0.25, -0.2) is 4.79 Å². The molecule has 5 nitrogen and oxygen atoms in total. The van der Waals surface area contributed by atoms with Crippen molar-refractivity contribution >= 4 is 23.5 Å². The van der Waals surface area contributed by atoms with Crippen molar-refractivity contribution in [3.63, 3.8) is 0 Å². The fraction of sp³-hybridized carbons (Fsp3) is 0.143. The molecule has 1 aromatic carbocycles. The molecule has 2 aromatic rings. The van der Waals surface area contributed by atoms with Crippen molar-refractivity contribution in [2.75, 3.05) is 0 Å². The Morgan fingerprint density at radius 3 is 2.55 bits per heavy atom. The largest absolute Gasteiger partial charge is 0.477 e. The molecule has 0 aliphatic heterocycles. The molecule has 0 unspecified atom stereocenters. The molecule has 2 N–H and O–H groups in total. The SMILES string of the molecule is O=C(Cn1cccc1C(=O)O)NCc1ccc(Cl)cc1. The van der Waals surface area contributed by atoms with Crippen LogP contribution in [0.5, 0.6) is 0 Å². The molecule has 0 atom stereocenters. The summed E-state index contributed by atoms with van der Waals surface area (Å²) in [6.07, 6.45) is 1.56. The van der Waals surface area contributed by atoms with Gasteiger partial charge in [-0.15, -0.1) is 0 Å². The number of benzene rings is 1. The van der Waals surface area contributed by atoms with E-state index in [4.69, 9.17) is 16.7 Å². The highest BCUT2D eigenvalue weighted by molar-refractivity contribution is 6.30. The Morgan fingerprint density at radius 1 is 1.20 bits per heavy atom. The number of amides is 1. The molecule has 0 spiro atoms. The van der Waals surface area contributed by atoms with Crippen molar-refractivity contribution < 1.29 is 14.7 Å². The summed E-state index contributed by atoms with van der Waals surface area (Å²) in [7, 11) is 0. The maximum absolute atomic E-state index is 11.8. The number of halogens is 1. The molecule has 6 heteroatoms. The molecule has 20 heavy (non-hydrogen) atoms.